The molecule has 0 aliphatic heterocycles. The molecule has 2 aromatic rings. The first-order valence-corrected chi connectivity index (χ1v) is 7.36. The van der Waals surface area contributed by atoms with Gasteiger partial charge < -0.3 is 10.3 Å². The molecule has 2 rings (SSSR count). The number of rotatable bonds is 5. The molecule has 0 saturated heterocycles. The molecule has 0 bridgehead atoms. The van der Waals surface area contributed by atoms with Gasteiger partial charge in [0.25, 0.3) is 0 Å². The van der Waals surface area contributed by atoms with Crippen molar-refractivity contribution in [3.8, 4) is 0 Å². The number of aryl methyl sites for hydroxylation is 1. The number of aromatic nitrogens is 3. The molecule has 0 saturated carbocycles. The third kappa shape index (κ3) is 3.34. The van der Waals surface area contributed by atoms with Gasteiger partial charge in [-0.15, -0.1) is 10.2 Å². The first kappa shape index (κ1) is 15.3. The van der Waals surface area contributed by atoms with Gasteiger partial charge in [0, 0.05) is 25.7 Å². The summed E-state index contributed by atoms with van der Waals surface area (Å²) in [5.74, 6) is -1.94. The molecule has 0 fully saturated rings. The third-order valence-electron chi connectivity index (χ3n) is 2.74. The SMILES string of the molecule is Cn1cnnc1CCNS(=O)(=O)c1c(F)cc(N)cc1F. The van der Waals surface area contributed by atoms with E-state index in [1.165, 1.54) is 6.33 Å². The van der Waals surface area contributed by atoms with E-state index in [0.29, 0.717) is 5.82 Å². The lowest BCUT2D eigenvalue weighted by Gasteiger charge is -2.09. The number of nitrogens with zero attached hydrogens (tertiary/aromatic N) is 3. The van der Waals surface area contributed by atoms with Crippen molar-refractivity contribution < 1.29 is 17.2 Å². The summed E-state index contributed by atoms with van der Waals surface area (Å²) < 4.78 is 54.8. The predicted octanol–water partition coefficient (Wildman–Crippen LogP) is 0.196. The molecule has 0 amide bonds. The average Bonchev–Trinajstić information content (AvgIpc) is 2.73. The maximum Gasteiger partial charge on any atom is 0.246 e. The first-order chi connectivity index (χ1) is 9.81. The fourth-order valence-corrected chi connectivity index (χ4v) is 2.89. The van der Waals surface area contributed by atoms with Crippen LogP contribution in [0.3, 0.4) is 0 Å². The molecule has 1 heterocycles. The summed E-state index contributed by atoms with van der Waals surface area (Å²) in [6.45, 7) is -0.0713. The predicted molar refractivity (Wildman–Crippen MR) is 70.7 cm³/mol. The molecule has 114 valence electrons. The van der Waals surface area contributed by atoms with Crippen LogP contribution in [0.4, 0.5) is 14.5 Å². The summed E-state index contributed by atoms with van der Waals surface area (Å²) in [6, 6.07) is 1.50. The first-order valence-electron chi connectivity index (χ1n) is 5.88. The average molecular weight is 317 g/mol. The smallest absolute Gasteiger partial charge is 0.246 e. The second-order valence-electron chi connectivity index (χ2n) is 4.32. The Hall–Kier alpha value is -2.07. The monoisotopic (exact) mass is 317 g/mol. The number of hydrogen-bond donors (Lipinski definition) is 2. The van der Waals surface area contributed by atoms with Crippen LogP contribution in [0.15, 0.2) is 23.4 Å². The zero-order valence-electron chi connectivity index (χ0n) is 11.0. The zero-order chi connectivity index (χ0) is 15.6. The van der Waals surface area contributed by atoms with Crippen molar-refractivity contribution in [1.82, 2.24) is 19.5 Å². The van der Waals surface area contributed by atoms with E-state index < -0.39 is 26.6 Å². The van der Waals surface area contributed by atoms with Crippen molar-refractivity contribution in [3.05, 3.63) is 35.9 Å². The Kier molecular flexibility index (Phi) is 4.19. The summed E-state index contributed by atoms with van der Waals surface area (Å²) >= 11 is 0. The van der Waals surface area contributed by atoms with Crippen molar-refractivity contribution in [3.63, 3.8) is 0 Å². The molecule has 10 heteroatoms. The minimum Gasteiger partial charge on any atom is -0.399 e. The molecule has 0 unspecified atom stereocenters. The van der Waals surface area contributed by atoms with Crippen LogP contribution in [0.1, 0.15) is 5.82 Å². The number of hydrogen-bond acceptors (Lipinski definition) is 5. The second kappa shape index (κ2) is 5.74. The van der Waals surface area contributed by atoms with E-state index >= 15 is 0 Å². The van der Waals surface area contributed by atoms with Gasteiger partial charge in [-0.3, -0.25) is 0 Å². The number of nitrogens with one attached hydrogen (secondary N) is 1. The quantitative estimate of drug-likeness (QED) is 0.767. The Morgan fingerprint density at radius 1 is 1.33 bits per heavy atom. The van der Waals surface area contributed by atoms with E-state index in [0.717, 1.165) is 12.1 Å². The Balaban J connectivity index is 2.14. The zero-order valence-corrected chi connectivity index (χ0v) is 11.9. The van der Waals surface area contributed by atoms with Crippen molar-refractivity contribution in [2.24, 2.45) is 7.05 Å². The van der Waals surface area contributed by atoms with Crippen LogP contribution in [0.25, 0.3) is 0 Å². The molecule has 0 radical (unpaired) electrons. The number of nitrogen functional groups attached to an aromatic ring is 1. The largest absolute Gasteiger partial charge is 0.399 e. The Morgan fingerprint density at radius 3 is 2.48 bits per heavy atom. The highest BCUT2D eigenvalue weighted by Gasteiger charge is 2.24. The van der Waals surface area contributed by atoms with Crippen molar-refractivity contribution >= 4 is 15.7 Å². The fraction of sp³-hybridized carbons (Fsp3) is 0.273. The lowest BCUT2D eigenvalue weighted by molar-refractivity contribution is 0.514. The van der Waals surface area contributed by atoms with E-state index in [-0.39, 0.29) is 18.7 Å². The molecule has 0 aliphatic carbocycles. The van der Waals surface area contributed by atoms with E-state index in [1.54, 1.807) is 11.6 Å². The van der Waals surface area contributed by atoms with Gasteiger partial charge in [0.15, 0.2) is 4.90 Å². The standard InChI is InChI=1S/C11H13F2N5O2S/c1-18-6-15-17-10(18)2-3-16-21(19,20)11-8(12)4-7(14)5-9(11)13/h4-6,16H,2-3,14H2,1H3. The highest BCUT2D eigenvalue weighted by atomic mass is 32.2. The van der Waals surface area contributed by atoms with Gasteiger partial charge in [0.05, 0.1) is 0 Å². The van der Waals surface area contributed by atoms with E-state index in [4.69, 9.17) is 5.73 Å². The van der Waals surface area contributed by atoms with Gasteiger partial charge in [-0.25, -0.2) is 21.9 Å². The van der Waals surface area contributed by atoms with Gasteiger partial charge in [-0.1, -0.05) is 0 Å². The number of benzene rings is 1. The molecule has 3 N–H and O–H groups in total. The Bertz CT molecular complexity index is 737. The molecule has 0 atom stereocenters. The van der Waals surface area contributed by atoms with Gasteiger partial charge in [-0.05, 0) is 12.1 Å². The van der Waals surface area contributed by atoms with Crippen LogP contribution in [0.2, 0.25) is 0 Å². The third-order valence-corrected chi connectivity index (χ3v) is 4.25. The molecule has 21 heavy (non-hydrogen) atoms. The van der Waals surface area contributed by atoms with E-state index in [9.17, 15) is 17.2 Å². The van der Waals surface area contributed by atoms with Crippen molar-refractivity contribution in [2.45, 2.75) is 11.3 Å². The molecule has 1 aromatic heterocycles. The molecule has 1 aromatic carbocycles. The van der Waals surface area contributed by atoms with Gasteiger partial charge in [0.2, 0.25) is 10.0 Å². The number of nitrogens with two attached hydrogens (primary N) is 1. The van der Waals surface area contributed by atoms with E-state index in [1.807, 2.05) is 0 Å². The molecular weight excluding hydrogens is 304 g/mol. The summed E-state index contributed by atoms with van der Waals surface area (Å²) in [5.41, 5.74) is 5.05. The lowest BCUT2D eigenvalue weighted by Crippen LogP contribution is -2.28. The van der Waals surface area contributed by atoms with Crippen molar-refractivity contribution in [2.75, 3.05) is 12.3 Å². The highest BCUT2D eigenvalue weighted by molar-refractivity contribution is 7.89. The summed E-state index contributed by atoms with van der Waals surface area (Å²) in [7, 11) is -2.62. The Labute approximate surface area is 119 Å². The fourth-order valence-electron chi connectivity index (χ4n) is 1.74. The summed E-state index contributed by atoms with van der Waals surface area (Å²) in [6.07, 6.45) is 1.69. The van der Waals surface area contributed by atoms with Crippen LogP contribution in [-0.2, 0) is 23.5 Å². The summed E-state index contributed by atoms with van der Waals surface area (Å²) in [4.78, 5) is -1.05. The van der Waals surface area contributed by atoms with Gasteiger partial charge in [0.1, 0.15) is 23.8 Å². The van der Waals surface area contributed by atoms with Crippen molar-refractivity contribution in [1.29, 1.82) is 0 Å². The number of sulfonamides is 1. The van der Waals surface area contributed by atoms with Crippen LogP contribution in [-0.4, -0.2) is 29.7 Å². The molecule has 0 aliphatic rings. The number of anilines is 1. The molecule has 7 nitrogen and oxygen atoms in total. The molecular formula is C11H13F2N5O2S. The van der Waals surface area contributed by atoms with Crippen LogP contribution in [0.5, 0.6) is 0 Å². The lowest BCUT2D eigenvalue weighted by atomic mass is 10.3. The van der Waals surface area contributed by atoms with E-state index in [2.05, 4.69) is 14.9 Å². The molecule has 0 spiro atoms. The maximum atomic E-state index is 13.6. The highest BCUT2D eigenvalue weighted by Crippen LogP contribution is 2.21. The van der Waals surface area contributed by atoms with Gasteiger partial charge >= 0.3 is 0 Å². The van der Waals surface area contributed by atoms with Gasteiger partial charge in [-0.2, -0.15) is 0 Å². The van der Waals surface area contributed by atoms with Crippen LogP contribution >= 0.6 is 0 Å². The second-order valence-corrected chi connectivity index (χ2v) is 6.02. The summed E-state index contributed by atoms with van der Waals surface area (Å²) in [5, 5.41) is 7.40. The minimum absolute atomic E-state index is 0.0713. The number of halogens is 2. The maximum absolute atomic E-state index is 13.6. The normalized spacial score (nSPS) is 11.8. The van der Waals surface area contributed by atoms with Crippen LogP contribution in [0, 0.1) is 11.6 Å². The Morgan fingerprint density at radius 2 is 1.95 bits per heavy atom. The minimum atomic E-state index is -4.32. The van der Waals surface area contributed by atoms with Crippen LogP contribution < -0.4 is 10.5 Å². The topological polar surface area (TPSA) is 103 Å².